The molecule has 0 spiro atoms. The van der Waals surface area contributed by atoms with Gasteiger partial charge in [0.2, 0.25) is 0 Å². The van der Waals surface area contributed by atoms with Crippen LogP contribution in [0, 0.1) is 18.6 Å². The number of nitrogens with two attached hydrogens (primary N) is 1. The highest BCUT2D eigenvalue weighted by Gasteiger charge is 2.14. The van der Waals surface area contributed by atoms with E-state index in [1.165, 1.54) is 11.0 Å². The summed E-state index contributed by atoms with van der Waals surface area (Å²) in [5, 5.41) is 0. The number of hydrogen-bond donors (Lipinski definition) is 1. The van der Waals surface area contributed by atoms with Gasteiger partial charge in [-0.15, -0.1) is 0 Å². The van der Waals surface area contributed by atoms with Crippen molar-refractivity contribution in [2.24, 2.45) is 0 Å². The molecule has 2 aromatic carbocycles. The van der Waals surface area contributed by atoms with Crippen molar-refractivity contribution in [2.45, 2.75) is 13.5 Å². The smallest absolute Gasteiger partial charge is 0.253 e. The Balaban J connectivity index is 2.17. The summed E-state index contributed by atoms with van der Waals surface area (Å²) in [6, 6.07) is 8.69. The topological polar surface area (TPSA) is 46.3 Å². The van der Waals surface area contributed by atoms with E-state index in [1.54, 1.807) is 25.2 Å². The molecule has 2 aromatic rings. The van der Waals surface area contributed by atoms with Gasteiger partial charge in [0.05, 0.1) is 0 Å². The Morgan fingerprint density at radius 2 is 1.86 bits per heavy atom. The summed E-state index contributed by atoms with van der Waals surface area (Å²) in [6.07, 6.45) is 0. The van der Waals surface area contributed by atoms with E-state index in [0.717, 1.165) is 17.7 Å². The van der Waals surface area contributed by atoms with Gasteiger partial charge in [-0.2, -0.15) is 0 Å². The first-order valence-corrected chi connectivity index (χ1v) is 6.43. The normalized spacial score (nSPS) is 10.5. The highest BCUT2D eigenvalue weighted by Crippen LogP contribution is 2.15. The molecule has 2 rings (SSSR count). The van der Waals surface area contributed by atoms with Crippen LogP contribution in [-0.2, 0) is 6.54 Å². The van der Waals surface area contributed by atoms with Crippen LogP contribution in [0.3, 0.4) is 0 Å². The van der Waals surface area contributed by atoms with E-state index in [-0.39, 0.29) is 12.5 Å². The number of carbonyl (C=O) groups excluding carboxylic acids is 1. The van der Waals surface area contributed by atoms with Crippen LogP contribution < -0.4 is 5.73 Å². The van der Waals surface area contributed by atoms with Crippen molar-refractivity contribution in [1.29, 1.82) is 0 Å². The quantitative estimate of drug-likeness (QED) is 0.883. The minimum Gasteiger partial charge on any atom is -0.399 e. The van der Waals surface area contributed by atoms with Gasteiger partial charge in [0, 0.05) is 24.8 Å². The number of aryl methyl sites for hydroxylation is 1. The van der Waals surface area contributed by atoms with Crippen LogP contribution in [0.25, 0.3) is 0 Å². The molecule has 5 heteroatoms. The molecule has 110 valence electrons. The Morgan fingerprint density at radius 3 is 2.48 bits per heavy atom. The number of rotatable bonds is 3. The van der Waals surface area contributed by atoms with Crippen molar-refractivity contribution < 1.29 is 13.6 Å². The molecule has 0 heterocycles. The van der Waals surface area contributed by atoms with Crippen LogP contribution in [0.4, 0.5) is 14.5 Å². The van der Waals surface area contributed by atoms with Gasteiger partial charge in [0.15, 0.2) is 11.6 Å². The molecule has 0 aromatic heterocycles. The van der Waals surface area contributed by atoms with Gasteiger partial charge in [-0.05, 0) is 48.4 Å². The first-order valence-electron chi connectivity index (χ1n) is 6.43. The third-order valence-corrected chi connectivity index (χ3v) is 3.10. The fourth-order valence-electron chi connectivity index (χ4n) is 2.14. The largest absolute Gasteiger partial charge is 0.399 e. The lowest BCUT2D eigenvalue weighted by Crippen LogP contribution is -2.26. The lowest BCUT2D eigenvalue weighted by Gasteiger charge is -2.18. The average molecular weight is 290 g/mol. The summed E-state index contributed by atoms with van der Waals surface area (Å²) >= 11 is 0. The Morgan fingerprint density at radius 1 is 1.14 bits per heavy atom. The Hall–Kier alpha value is -2.43. The highest BCUT2D eigenvalue weighted by molar-refractivity contribution is 5.95. The third kappa shape index (κ3) is 3.56. The van der Waals surface area contributed by atoms with Crippen LogP contribution in [-0.4, -0.2) is 17.9 Å². The number of hydrogen-bond acceptors (Lipinski definition) is 2. The SMILES string of the molecule is Cc1cc(N)cc(C(=O)N(C)Cc2ccc(F)c(F)c2)c1. The Bertz CT molecular complexity index is 666. The lowest BCUT2D eigenvalue weighted by molar-refractivity contribution is 0.0785. The molecule has 21 heavy (non-hydrogen) atoms. The number of carbonyl (C=O) groups is 1. The van der Waals surface area contributed by atoms with Crippen LogP contribution in [0.5, 0.6) is 0 Å². The molecule has 0 aliphatic rings. The van der Waals surface area contributed by atoms with Crippen LogP contribution in [0.15, 0.2) is 36.4 Å². The van der Waals surface area contributed by atoms with E-state index in [2.05, 4.69) is 0 Å². The zero-order chi connectivity index (χ0) is 15.6. The van der Waals surface area contributed by atoms with Gasteiger partial charge < -0.3 is 10.6 Å². The third-order valence-electron chi connectivity index (χ3n) is 3.10. The molecule has 0 radical (unpaired) electrons. The standard InChI is InChI=1S/C16H16F2N2O/c1-10-5-12(8-13(19)6-10)16(21)20(2)9-11-3-4-14(17)15(18)7-11/h3-8H,9,19H2,1-2H3. The number of anilines is 1. The van der Waals surface area contributed by atoms with Crippen LogP contribution in [0.2, 0.25) is 0 Å². The highest BCUT2D eigenvalue weighted by atomic mass is 19.2. The van der Waals surface area contributed by atoms with Gasteiger partial charge >= 0.3 is 0 Å². The molecule has 2 N–H and O–H groups in total. The summed E-state index contributed by atoms with van der Waals surface area (Å²) in [4.78, 5) is 13.7. The molecule has 0 bridgehead atoms. The molecular weight excluding hydrogens is 274 g/mol. The molecule has 0 aliphatic heterocycles. The van der Waals surface area contributed by atoms with Crippen LogP contribution >= 0.6 is 0 Å². The minimum absolute atomic E-state index is 0.184. The van der Waals surface area contributed by atoms with Crippen molar-refractivity contribution in [3.05, 3.63) is 64.7 Å². The monoisotopic (exact) mass is 290 g/mol. The van der Waals surface area contributed by atoms with E-state index in [4.69, 9.17) is 5.73 Å². The van der Waals surface area contributed by atoms with E-state index in [9.17, 15) is 13.6 Å². The maximum Gasteiger partial charge on any atom is 0.253 e. The lowest BCUT2D eigenvalue weighted by atomic mass is 10.1. The maximum atomic E-state index is 13.2. The summed E-state index contributed by atoms with van der Waals surface area (Å²) in [7, 11) is 1.60. The van der Waals surface area contributed by atoms with E-state index < -0.39 is 11.6 Å². The Kier molecular flexibility index (Phi) is 4.21. The van der Waals surface area contributed by atoms with Crippen molar-refractivity contribution in [2.75, 3.05) is 12.8 Å². The molecule has 0 saturated heterocycles. The predicted octanol–water partition coefficient (Wildman–Crippen LogP) is 3.13. The van der Waals surface area contributed by atoms with Crippen molar-refractivity contribution in [3.8, 4) is 0 Å². The second-order valence-electron chi connectivity index (χ2n) is 5.04. The number of benzene rings is 2. The van der Waals surface area contributed by atoms with Gasteiger partial charge in [0.1, 0.15) is 0 Å². The van der Waals surface area contributed by atoms with Gasteiger partial charge in [-0.3, -0.25) is 4.79 Å². The van der Waals surface area contributed by atoms with E-state index in [0.29, 0.717) is 16.8 Å². The molecule has 0 atom stereocenters. The molecule has 0 saturated carbocycles. The second-order valence-corrected chi connectivity index (χ2v) is 5.04. The molecule has 0 unspecified atom stereocenters. The maximum absolute atomic E-state index is 13.2. The molecule has 1 amide bonds. The first-order chi connectivity index (χ1) is 9.86. The van der Waals surface area contributed by atoms with E-state index >= 15 is 0 Å². The van der Waals surface area contributed by atoms with Crippen molar-refractivity contribution in [3.63, 3.8) is 0 Å². The fourth-order valence-corrected chi connectivity index (χ4v) is 2.14. The number of nitrogens with zero attached hydrogens (tertiary/aromatic N) is 1. The Labute approximate surface area is 122 Å². The summed E-state index contributed by atoms with van der Waals surface area (Å²) < 4.78 is 26.0. The first kappa shape index (κ1) is 15.0. The average Bonchev–Trinajstić information content (AvgIpc) is 2.41. The molecule has 0 aliphatic carbocycles. The van der Waals surface area contributed by atoms with Crippen molar-refractivity contribution in [1.82, 2.24) is 4.90 Å². The molecule has 0 fully saturated rings. The summed E-state index contributed by atoms with van der Waals surface area (Å²) in [6.45, 7) is 2.03. The fraction of sp³-hybridized carbons (Fsp3) is 0.188. The van der Waals surface area contributed by atoms with E-state index in [1.807, 2.05) is 6.92 Å². The van der Waals surface area contributed by atoms with Gasteiger partial charge in [-0.25, -0.2) is 8.78 Å². The number of amides is 1. The summed E-state index contributed by atoms with van der Waals surface area (Å²) in [5.74, 6) is -2.05. The molecular formula is C16H16F2N2O. The number of halogens is 2. The predicted molar refractivity (Wildman–Crippen MR) is 77.7 cm³/mol. The minimum atomic E-state index is -0.923. The second kappa shape index (κ2) is 5.91. The summed E-state index contributed by atoms with van der Waals surface area (Å²) in [5.41, 5.74) is 8.12. The van der Waals surface area contributed by atoms with Gasteiger partial charge in [0.25, 0.3) is 5.91 Å². The van der Waals surface area contributed by atoms with Crippen LogP contribution in [0.1, 0.15) is 21.5 Å². The molecule has 3 nitrogen and oxygen atoms in total. The zero-order valence-corrected chi connectivity index (χ0v) is 11.9. The zero-order valence-electron chi connectivity index (χ0n) is 11.9. The van der Waals surface area contributed by atoms with Gasteiger partial charge in [-0.1, -0.05) is 6.07 Å². The number of nitrogen functional groups attached to an aromatic ring is 1. The van der Waals surface area contributed by atoms with Crippen molar-refractivity contribution >= 4 is 11.6 Å².